The lowest BCUT2D eigenvalue weighted by atomic mass is 10.1. The van der Waals surface area contributed by atoms with Crippen molar-refractivity contribution >= 4 is 17.8 Å². The van der Waals surface area contributed by atoms with E-state index >= 15 is 0 Å². The second kappa shape index (κ2) is 6.65. The molecular formula is C13H15FN2O4. The molecule has 0 atom stereocenters. The van der Waals surface area contributed by atoms with Crippen molar-refractivity contribution in [2.24, 2.45) is 0 Å². The largest absolute Gasteiger partial charge is 0.478 e. The van der Waals surface area contributed by atoms with E-state index in [-0.39, 0.29) is 30.0 Å². The predicted molar refractivity (Wildman–Crippen MR) is 69.0 cm³/mol. The maximum Gasteiger partial charge on any atom is 0.335 e. The number of nitrogens with zero attached hydrogens (tertiary/aromatic N) is 1. The number of rotatable bonds is 5. The molecule has 1 rings (SSSR count). The van der Waals surface area contributed by atoms with Gasteiger partial charge in [-0.25, -0.2) is 9.18 Å². The number of amides is 2. The summed E-state index contributed by atoms with van der Waals surface area (Å²) in [6.07, 6.45) is 0.105. The van der Waals surface area contributed by atoms with E-state index in [0.717, 1.165) is 18.2 Å². The van der Waals surface area contributed by atoms with Gasteiger partial charge in [0.2, 0.25) is 5.91 Å². The van der Waals surface area contributed by atoms with Crippen LogP contribution in [0.15, 0.2) is 18.2 Å². The van der Waals surface area contributed by atoms with Crippen molar-refractivity contribution in [1.82, 2.24) is 10.2 Å². The highest BCUT2D eigenvalue weighted by atomic mass is 19.1. The fraction of sp³-hybridized carbons (Fsp3) is 0.308. The summed E-state index contributed by atoms with van der Waals surface area (Å²) >= 11 is 0. The minimum atomic E-state index is -1.27. The van der Waals surface area contributed by atoms with Gasteiger partial charge in [-0.1, -0.05) is 0 Å². The summed E-state index contributed by atoms with van der Waals surface area (Å²) in [4.78, 5) is 35.0. The Morgan fingerprint density at radius 1 is 1.30 bits per heavy atom. The smallest absolute Gasteiger partial charge is 0.335 e. The van der Waals surface area contributed by atoms with Crippen molar-refractivity contribution < 1.29 is 23.9 Å². The lowest BCUT2D eigenvalue weighted by molar-refractivity contribution is -0.128. The van der Waals surface area contributed by atoms with Gasteiger partial charge >= 0.3 is 5.97 Å². The molecule has 0 saturated carbocycles. The molecule has 0 aromatic heterocycles. The average molecular weight is 282 g/mol. The maximum atomic E-state index is 13.6. The Balaban J connectivity index is 2.64. The summed E-state index contributed by atoms with van der Waals surface area (Å²) < 4.78 is 13.6. The summed E-state index contributed by atoms with van der Waals surface area (Å²) in [6.45, 7) is 0.0793. The second-order valence-corrected chi connectivity index (χ2v) is 4.29. The molecule has 0 aliphatic rings. The number of carboxylic acid groups (broad SMARTS) is 1. The fourth-order valence-electron chi connectivity index (χ4n) is 1.43. The van der Waals surface area contributed by atoms with Crippen LogP contribution >= 0.6 is 0 Å². The van der Waals surface area contributed by atoms with Gasteiger partial charge in [0.05, 0.1) is 11.1 Å². The number of halogens is 1. The van der Waals surface area contributed by atoms with E-state index in [1.54, 1.807) is 14.1 Å². The Bertz CT molecular complexity index is 543. The van der Waals surface area contributed by atoms with Gasteiger partial charge < -0.3 is 15.3 Å². The molecule has 0 saturated heterocycles. The molecular weight excluding hydrogens is 267 g/mol. The van der Waals surface area contributed by atoms with Gasteiger partial charge in [0.25, 0.3) is 5.91 Å². The third kappa shape index (κ3) is 4.04. The molecule has 0 aliphatic heterocycles. The molecule has 0 fully saturated rings. The molecule has 108 valence electrons. The molecule has 1 aromatic carbocycles. The summed E-state index contributed by atoms with van der Waals surface area (Å²) in [6, 6.07) is 3.02. The number of carbonyl (C=O) groups is 3. The van der Waals surface area contributed by atoms with E-state index in [1.165, 1.54) is 4.90 Å². The second-order valence-electron chi connectivity index (χ2n) is 4.29. The summed E-state index contributed by atoms with van der Waals surface area (Å²) in [5.41, 5.74) is -0.492. The number of carbonyl (C=O) groups excluding carboxylic acids is 2. The molecule has 0 heterocycles. The van der Waals surface area contributed by atoms with Crippen molar-refractivity contribution in [3.63, 3.8) is 0 Å². The maximum absolute atomic E-state index is 13.6. The number of aromatic carboxylic acids is 1. The Labute approximate surface area is 115 Å². The van der Waals surface area contributed by atoms with E-state index in [9.17, 15) is 18.8 Å². The first-order chi connectivity index (χ1) is 9.32. The first-order valence-electron chi connectivity index (χ1n) is 5.84. The number of carboxylic acids is 1. The minimum Gasteiger partial charge on any atom is -0.478 e. The zero-order chi connectivity index (χ0) is 15.3. The molecule has 6 nitrogen and oxygen atoms in total. The highest BCUT2D eigenvalue weighted by molar-refractivity contribution is 5.96. The predicted octanol–water partition coefficient (Wildman–Crippen LogP) is 0.732. The topological polar surface area (TPSA) is 86.7 Å². The number of hydrogen-bond donors (Lipinski definition) is 2. The van der Waals surface area contributed by atoms with Crippen LogP contribution in [-0.2, 0) is 4.79 Å². The lowest BCUT2D eigenvalue weighted by Crippen LogP contribution is -2.30. The van der Waals surface area contributed by atoms with Crippen LogP contribution in [0.2, 0.25) is 0 Å². The molecule has 0 spiro atoms. The zero-order valence-electron chi connectivity index (χ0n) is 11.1. The summed E-state index contributed by atoms with van der Waals surface area (Å²) in [5.74, 6) is -3.04. The average Bonchev–Trinajstić information content (AvgIpc) is 2.37. The summed E-state index contributed by atoms with van der Waals surface area (Å²) in [5, 5.41) is 11.1. The third-order valence-electron chi connectivity index (χ3n) is 2.58. The Hall–Kier alpha value is -2.44. The van der Waals surface area contributed by atoms with Crippen LogP contribution in [0.4, 0.5) is 4.39 Å². The van der Waals surface area contributed by atoms with E-state index in [4.69, 9.17) is 5.11 Å². The highest BCUT2D eigenvalue weighted by Crippen LogP contribution is 2.10. The Morgan fingerprint density at radius 3 is 2.45 bits per heavy atom. The van der Waals surface area contributed by atoms with Gasteiger partial charge in [0.1, 0.15) is 5.82 Å². The zero-order valence-corrected chi connectivity index (χ0v) is 11.1. The standard InChI is InChI=1S/C13H15FN2O4/c1-16(2)11(17)5-6-15-12(18)9-4-3-8(13(19)20)7-10(9)14/h3-4,7H,5-6H2,1-2H3,(H,15,18)(H,19,20). The minimum absolute atomic E-state index is 0.0793. The van der Waals surface area contributed by atoms with Crippen LogP contribution in [0.5, 0.6) is 0 Å². The normalized spacial score (nSPS) is 9.95. The van der Waals surface area contributed by atoms with Crippen molar-refractivity contribution in [3.8, 4) is 0 Å². The monoisotopic (exact) mass is 282 g/mol. The van der Waals surface area contributed by atoms with Gasteiger partial charge in [-0.2, -0.15) is 0 Å². The SMILES string of the molecule is CN(C)C(=O)CCNC(=O)c1ccc(C(=O)O)cc1F. The van der Waals surface area contributed by atoms with Gasteiger partial charge in [0, 0.05) is 27.1 Å². The molecule has 2 amide bonds. The molecule has 2 N–H and O–H groups in total. The molecule has 0 radical (unpaired) electrons. The molecule has 20 heavy (non-hydrogen) atoms. The van der Waals surface area contributed by atoms with Crippen LogP contribution in [0, 0.1) is 5.82 Å². The first-order valence-corrected chi connectivity index (χ1v) is 5.84. The Kier molecular flexibility index (Phi) is 5.19. The van der Waals surface area contributed by atoms with E-state index < -0.39 is 17.7 Å². The molecule has 1 aromatic rings. The van der Waals surface area contributed by atoms with Crippen molar-refractivity contribution in [2.45, 2.75) is 6.42 Å². The van der Waals surface area contributed by atoms with Gasteiger partial charge in [-0.05, 0) is 18.2 Å². The van der Waals surface area contributed by atoms with Gasteiger partial charge in [-0.15, -0.1) is 0 Å². The van der Waals surface area contributed by atoms with E-state index in [2.05, 4.69) is 5.32 Å². The fourth-order valence-corrected chi connectivity index (χ4v) is 1.43. The quantitative estimate of drug-likeness (QED) is 0.833. The van der Waals surface area contributed by atoms with Crippen LogP contribution < -0.4 is 5.32 Å². The van der Waals surface area contributed by atoms with Crippen LogP contribution in [0.25, 0.3) is 0 Å². The number of hydrogen-bond acceptors (Lipinski definition) is 3. The number of nitrogens with one attached hydrogen (secondary N) is 1. The number of benzene rings is 1. The highest BCUT2D eigenvalue weighted by Gasteiger charge is 2.14. The lowest BCUT2D eigenvalue weighted by Gasteiger charge is -2.10. The van der Waals surface area contributed by atoms with Crippen LogP contribution in [0.1, 0.15) is 27.1 Å². The molecule has 0 aliphatic carbocycles. The van der Waals surface area contributed by atoms with Gasteiger partial charge in [-0.3, -0.25) is 9.59 Å². The molecule has 0 bridgehead atoms. The van der Waals surface area contributed by atoms with E-state index in [0.29, 0.717) is 0 Å². The van der Waals surface area contributed by atoms with Gasteiger partial charge in [0.15, 0.2) is 0 Å². The van der Waals surface area contributed by atoms with E-state index in [1.807, 2.05) is 0 Å². The molecule has 7 heteroatoms. The third-order valence-corrected chi connectivity index (χ3v) is 2.58. The van der Waals surface area contributed by atoms with Crippen molar-refractivity contribution in [2.75, 3.05) is 20.6 Å². The van der Waals surface area contributed by atoms with Crippen molar-refractivity contribution in [3.05, 3.63) is 35.1 Å². The summed E-state index contributed by atoms with van der Waals surface area (Å²) in [7, 11) is 3.18. The first kappa shape index (κ1) is 15.6. The van der Waals surface area contributed by atoms with Crippen LogP contribution in [-0.4, -0.2) is 48.4 Å². The van der Waals surface area contributed by atoms with Crippen molar-refractivity contribution in [1.29, 1.82) is 0 Å². The Morgan fingerprint density at radius 2 is 1.95 bits per heavy atom. The molecule has 0 unspecified atom stereocenters. The van der Waals surface area contributed by atoms with Crippen LogP contribution in [0.3, 0.4) is 0 Å².